The third kappa shape index (κ3) is 4.33. The van der Waals surface area contributed by atoms with Crippen molar-refractivity contribution in [3.63, 3.8) is 0 Å². The summed E-state index contributed by atoms with van der Waals surface area (Å²) in [5.41, 5.74) is 4.17. The molecule has 0 bridgehead atoms. The number of nitrogens with zero attached hydrogens (tertiary/aromatic N) is 1. The van der Waals surface area contributed by atoms with Crippen LogP contribution in [0.1, 0.15) is 43.5 Å². The lowest BCUT2D eigenvalue weighted by molar-refractivity contribution is -0.385. The fraction of sp³-hybridized carbons (Fsp3) is 0.462. The molecule has 1 aromatic heterocycles. The summed E-state index contributed by atoms with van der Waals surface area (Å²) in [4.78, 5) is 0. The number of ether oxygens (including phenoxy) is 2. The maximum absolute atomic E-state index is 11.1. The third-order valence-electron chi connectivity index (χ3n) is 6.52. The van der Waals surface area contributed by atoms with Gasteiger partial charge in [-0.05, 0) is 55.5 Å². The van der Waals surface area contributed by atoms with Crippen LogP contribution in [0.3, 0.4) is 0 Å². The Labute approximate surface area is 198 Å². The minimum atomic E-state index is -2.64. The van der Waals surface area contributed by atoms with Gasteiger partial charge in [-0.15, -0.1) is 0 Å². The van der Waals surface area contributed by atoms with Crippen LogP contribution in [0.5, 0.6) is 5.75 Å². The fourth-order valence-electron chi connectivity index (χ4n) is 4.49. The summed E-state index contributed by atoms with van der Waals surface area (Å²) in [6.07, 6.45) is -3.21. The maximum Gasteiger partial charge on any atom is 0.288 e. The smallest absolute Gasteiger partial charge is 0.288 e. The highest BCUT2D eigenvalue weighted by molar-refractivity contribution is 5.90. The second-order valence-electron chi connectivity index (χ2n) is 9.15. The lowest BCUT2D eigenvalue weighted by atomic mass is 9.95. The van der Waals surface area contributed by atoms with Gasteiger partial charge in [0.1, 0.15) is 18.0 Å². The highest BCUT2D eigenvalue weighted by Gasteiger charge is 2.57. The molecule has 0 amide bonds. The predicted octanol–water partition coefficient (Wildman–Crippen LogP) is 1.87. The minimum absolute atomic E-state index is 0.151. The molecule has 0 saturated carbocycles. The Morgan fingerprint density at radius 2 is 1.74 bits per heavy atom. The Morgan fingerprint density at radius 1 is 1.06 bits per heavy atom. The van der Waals surface area contributed by atoms with E-state index in [0.717, 1.165) is 28.5 Å². The molecule has 8 heteroatoms. The molecule has 1 aliphatic rings. The number of hydrogen-bond donors (Lipinski definition) is 5. The number of aryl methyl sites for hydroxylation is 1. The van der Waals surface area contributed by atoms with Gasteiger partial charge in [0.25, 0.3) is 5.79 Å². The van der Waals surface area contributed by atoms with Crippen molar-refractivity contribution in [2.75, 3.05) is 6.61 Å². The molecule has 5 atom stereocenters. The molecule has 4 rings (SSSR count). The van der Waals surface area contributed by atoms with E-state index in [1.165, 1.54) is 5.56 Å². The van der Waals surface area contributed by atoms with Crippen LogP contribution in [-0.2, 0) is 17.6 Å². The van der Waals surface area contributed by atoms with Crippen molar-refractivity contribution in [2.24, 2.45) is 0 Å². The molecule has 1 fully saturated rings. The zero-order chi connectivity index (χ0) is 24.6. The monoisotopic (exact) mass is 471 g/mol. The maximum atomic E-state index is 11.1. The van der Waals surface area contributed by atoms with Gasteiger partial charge in [-0.3, -0.25) is 0 Å². The van der Waals surface area contributed by atoms with E-state index < -0.39 is 37.0 Å². The van der Waals surface area contributed by atoms with Crippen molar-refractivity contribution in [1.82, 2.24) is 4.57 Å². The molecule has 2 heterocycles. The molecule has 2 aromatic carbocycles. The van der Waals surface area contributed by atoms with E-state index in [4.69, 9.17) is 9.47 Å². The van der Waals surface area contributed by atoms with Gasteiger partial charge in [0.05, 0.1) is 12.1 Å². The summed E-state index contributed by atoms with van der Waals surface area (Å²) in [7, 11) is 0. The largest absolute Gasteiger partial charge is 0.454 e. The minimum Gasteiger partial charge on any atom is -0.454 e. The number of aliphatic hydroxyl groups is 5. The quantitative estimate of drug-likeness (QED) is 0.333. The number of aliphatic hydroxyl groups excluding tert-OH is 4. The van der Waals surface area contributed by atoms with Gasteiger partial charge in [0.2, 0.25) is 6.29 Å². The zero-order valence-electron chi connectivity index (χ0n) is 19.6. The second kappa shape index (κ2) is 9.65. The van der Waals surface area contributed by atoms with Gasteiger partial charge in [-0.2, -0.15) is 0 Å². The van der Waals surface area contributed by atoms with E-state index in [1.54, 1.807) is 12.1 Å². The van der Waals surface area contributed by atoms with Crippen molar-refractivity contribution < 1.29 is 35.0 Å². The van der Waals surface area contributed by atoms with Crippen LogP contribution in [-0.4, -0.2) is 67.1 Å². The first-order valence-electron chi connectivity index (χ1n) is 11.6. The summed E-state index contributed by atoms with van der Waals surface area (Å²) >= 11 is 0. The zero-order valence-corrected chi connectivity index (χ0v) is 19.6. The Kier molecular flexibility index (Phi) is 7.00. The molecular formula is C26H33NO7. The highest BCUT2D eigenvalue weighted by Crippen LogP contribution is 2.38. The molecule has 0 radical (unpaired) electrons. The summed E-state index contributed by atoms with van der Waals surface area (Å²) in [6.45, 7) is 5.60. The molecule has 0 spiro atoms. The summed E-state index contributed by atoms with van der Waals surface area (Å²) in [5, 5.41) is 52.4. The second-order valence-corrected chi connectivity index (χ2v) is 9.15. The van der Waals surface area contributed by atoms with Gasteiger partial charge in [0, 0.05) is 17.6 Å². The van der Waals surface area contributed by atoms with Crippen molar-refractivity contribution in [3.05, 3.63) is 65.4 Å². The average Bonchev–Trinajstić information content (AvgIpc) is 3.20. The van der Waals surface area contributed by atoms with Crippen molar-refractivity contribution in [3.8, 4) is 5.75 Å². The predicted molar refractivity (Wildman–Crippen MR) is 127 cm³/mol. The van der Waals surface area contributed by atoms with Gasteiger partial charge < -0.3 is 39.6 Å². The first-order chi connectivity index (χ1) is 16.2. The van der Waals surface area contributed by atoms with E-state index in [-0.39, 0.29) is 11.8 Å². The fourth-order valence-corrected chi connectivity index (χ4v) is 4.49. The Morgan fingerprint density at radius 3 is 2.35 bits per heavy atom. The van der Waals surface area contributed by atoms with Gasteiger partial charge in [0.15, 0.2) is 6.10 Å². The van der Waals surface area contributed by atoms with Crippen LogP contribution in [0.4, 0.5) is 0 Å². The van der Waals surface area contributed by atoms with Crippen molar-refractivity contribution in [2.45, 2.75) is 70.0 Å². The van der Waals surface area contributed by atoms with E-state index in [2.05, 4.69) is 49.6 Å². The molecular weight excluding hydrogens is 438 g/mol. The molecule has 0 unspecified atom stereocenters. The van der Waals surface area contributed by atoms with Crippen molar-refractivity contribution in [1.29, 1.82) is 0 Å². The Balaban J connectivity index is 1.77. The molecule has 0 aliphatic carbocycles. The van der Waals surface area contributed by atoms with E-state index >= 15 is 0 Å². The molecule has 1 saturated heterocycles. The van der Waals surface area contributed by atoms with Crippen LogP contribution in [0.25, 0.3) is 10.9 Å². The molecule has 34 heavy (non-hydrogen) atoms. The van der Waals surface area contributed by atoms with Crippen LogP contribution in [0.15, 0.2) is 48.7 Å². The van der Waals surface area contributed by atoms with E-state index in [1.807, 2.05) is 12.3 Å². The van der Waals surface area contributed by atoms with Crippen LogP contribution in [0, 0.1) is 0 Å². The summed E-state index contributed by atoms with van der Waals surface area (Å²) in [6, 6.07) is 13.9. The number of rotatable bonds is 7. The summed E-state index contributed by atoms with van der Waals surface area (Å²) < 4.78 is 13.1. The Hall–Kier alpha value is -2.46. The van der Waals surface area contributed by atoms with Gasteiger partial charge in [-0.1, -0.05) is 37.3 Å². The number of fused-ring (bicyclic) bond motifs is 1. The number of hydrogen-bond acceptors (Lipinski definition) is 7. The highest BCUT2D eigenvalue weighted by atomic mass is 16.7. The lowest BCUT2D eigenvalue weighted by Crippen LogP contribution is -2.69. The van der Waals surface area contributed by atoms with Gasteiger partial charge >= 0.3 is 0 Å². The number of aromatic nitrogens is 1. The molecule has 8 nitrogen and oxygen atoms in total. The van der Waals surface area contributed by atoms with Gasteiger partial charge in [-0.25, -0.2) is 0 Å². The molecule has 1 aliphatic heterocycles. The SMILES string of the molecule is CCc1ccc(Cc2cn(C(C)C)c3cccc(O[C@]4(O)[C@H](O)O[C@H](CO)[C@@H](O)[C@@H]4O)c23)cc1. The first-order valence-corrected chi connectivity index (χ1v) is 11.6. The molecule has 5 N–H and O–H groups in total. The van der Waals surface area contributed by atoms with Crippen LogP contribution in [0.2, 0.25) is 0 Å². The summed E-state index contributed by atoms with van der Waals surface area (Å²) in [5.74, 6) is -2.41. The Bertz CT molecular complexity index is 1130. The van der Waals surface area contributed by atoms with Crippen molar-refractivity contribution >= 4 is 10.9 Å². The normalized spacial score (nSPS) is 27.4. The molecule has 184 valence electrons. The lowest BCUT2D eigenvalue weighted by Gasteiger charge is -2.45. The van der Waals surface area contributed by atoms with E-state index in [0.29, 0.717) is 6.42 Å². The average molecular weight is 472 g/mol. The molecule has 3 aromatic rings. The van der Waals surface area contributed by atoms with E-state index in [9.17, 15) is 25.5 Å². The third-order valence-corrected chi connectivity index (χ3v) is 6.52. The van der Waals surface area contributed by atoms with Crippen LogP contribution >= 0.6 is 0 Å². The standard InChI is InChI=1S/C26H33NO7/c1-4-16-8-10-17(11-9-16)12-18-13-27(15(2)3)19-6-5-7-20(22(18)19)34-26(32)24(30)23(29)21(14-28)33-25(26)31/h5-11,13,15,21,23-25,28-32H,4,12,14H2,1-3H3/t21-,23-,24+,25-,26+/m1/s1. The van der Waals surface area contributed by atoms with Crippen LogP contribution < -0.4 is 4.74 Å². The topological polar surface area (TPSA) is 125 Å². The first kappa shape index (κ1) is 24.7. The number of benzene rings is 2.